The Hall–Kier alpha value is -3.27. The second kappa shape index (κ2) is 7.21. The summed E-state index contributed by atoms with van der Waals surface area (Å²) in [6.07, 6.45) is 0.550. The van der Waals surface area contributed by atoms with Crippen molar-refractivity contribution in [2.45, 2.75) is 44.6 Å². The number of imide groups is 1. The van der Waals surface area contributed by atoms with E-state index in [0.717, 1.165) is 21.5 Å². The van der Waals surface area contributed by atoms with Gasteiger partial charge in [0.05, 0.1) is 17.6 Å². The number of hydrogen-bond acceptors (Lipinski definition) is 6. The van der Waals surface area contributed by atoms with Crippen molar-refractivity contribution in [2.75, 3.05) is 13.1 Å². The highest BCUT2D eigenvalue weighted by Crippen LogP contribution is 2.36. The molecule has 0 saturated carbocycles. The molecule has 2 aliphatic heterocycles. The highest BCUT2D eigenvalue weighted by Gasteiger charge is 2.50. The number of nitrogens with one attached hydrogen (secondary N) is 2. The molecule has 2 atom stereocenters. The third-order valence-corrected chi connectivity index (χ3v) is 6.05. The van der Waals surface area contributed by atoms with E-state index in [1.807, 2.05) is 25.1 Å². The predicted octanol–water partition coefficient (Wildman–Crippen LogP) is 0.384. The predicted molar refractivity (Wildman–Crippen MR) is 104 cm³/mol. The molecule has 4 rings (SSSR count). The molecule has 10 nitrogen and oxygen atoms in total. The van der Waals surface area contributed by atoms with E-state index in [9.17, 15) is 24.4 Å². The molecule has 4 amide bonds. The Labute approximate surface area is 172 Å². The number of rotatable bonds is 5. The average molecular weight is 413 g/mol. The van der Waals surface area contributed by atoms with Gasteiger partial charge < -0.3 is 9.88 Å². The molecule has 2 aliphatic rings. The van der Waals surface area contributed by atoms with Crippen LogP contribution in [0.2, 0.25) is 0 Å². The highest BCUT2D eigenvalue weighted by molar-refractivity contribution is 6.03. The lowest BCUT2D eigenvalue weighted by atomic mass is 9.88. The Bertz CT molecular complexity index is 1050. The van der Waals surface area contributed by atoms with Crippen LogP contribution in [0.15, 0.2) is 18.2 Å². The number of carbonyl (C=O) groups excluding carboxylic acids is 4. The van der Waals surface area contributed by atoms with E-state index >= 15 is 0 Å². The van der Waals surface area contributed by atoms with Crippen LogP contribution in [0.1, 0.15) is 37.6 Å². The number of amides is 4. The van der Waals surface area contributed by atoms with Crippen molar-refractivity contribution in [1.82, 2.24) is 25.2 Å². The van der Waals surface area contributed by atoms with Crippen LogP contribution >= 0.6 is 0 Å². The molecule has 1 unspecified atom stereocenters. The van der Waals surface area contributed by atoms with Gasteiger partial charge in [-0.3, -0.25) is 29.3 Å². The summed E-state index contributed by atoms with van der Waals surface area (Å²) in [5.41, 5.74) is 3.16. The van der Waals surface area contributed by atoms with E-state index in [2.05, 4.69) is 9.97 Å². The Balaban J connectivity index is 1.63. The first kappa shape index (κ1) is 20.0. The lowest BCUT2D eigenvalue weighted by Crippen LogP contribution is -2.55. The number of hydrogen-bond donors (Lipinski definition) is 3. The molecular formula is C20H23N5O5. The van der Waals surface area contributed by atoms with E-state index in [4.69, 9.17) is 0 Å². The minimum Gasteiger partial charge on any atom is -0.341 e. The maximum atomic E-state index is 13.4. The molecule has 30 heavy (non-hydrogen) atoms. The summed E-state index contributed by atoms with van der Waals surface area (Å²) in [6.45, 7) is 3.65. The van der Waals surface area contributed by atoms with E-state index in [1.54, 1.807) is 12.4 Å². The fourth-order valence-electron chi connectivity index (χ4n) is 4.17. The number of imidazole rings is 1. The molecule has 0 aliphatic carbocycles. The van der Waals surface area contributed by atoms with Gasteiger partial charge in [-0.05, 0) is 38.0 Å². The van der Waals surface area contributed by atoms with Crippen molar-refractivity contribution in [3.05, 3.63) is 29.6 Å². The van der Waals surface area contributed by atoms with Crippen LogP contribution in [0, 0.1) is 6.92 Å². The van der Waals surface area contributed by atoms with Crippen LogP contribution in [0.4, 0.5) is 0 Å². The number of fused-ring (bicyclic) bond motifs is 1. The number of benzene rings is 1. The number of aryl methyl sites for hydroxylation is 1. The van der Waals surface area contributed by atoms with Crippen LogP contribution in [-0.4, -0.2) is 67.7 Å². The van der Waals surface area contributed by atoms with Crippen LogP contribution in [0.25, 0.3) is 11.0 Å². The molecule has 1 aromatic carbocycles. The average Bonchev–Trinajstić information content (AvgIpc) is 3.37. The van der Waals surface area contributed by atoms with Crippen molar-refractivity contribution >= 4 is 34.7 Å². The molecule has 10 heteroatoms. The van der Waals surface area contributed by atoms with Crippen LogP contribution in [-0.2, 0) is 24.6 Å². The number of nitrogens with zero attached hydrogens (tertiary/aromatic N) is 3. The van der Waals surface area contributed by atoms with Crippen LogP contribution in [0.3, 0.4) is 0 Å². The quantitative estimate of drug-likeness (QED) is 0.368. The third kappa shape index (κ3) is 3.13. The number of hydroxylamine groups is 1. The van der Waals surface area contributed by atoms with E-state index in [0.29, 0.717) is 12.2 Å². The zero-order chi connectivity index (χ0) is 21.6. The van der Waals surface area contributed by atoms with Crippen molar-refractivity contribution in [3.63, 3.8) is 0 Å². The monoisotopic (exact) mass is 413 g/mol. The van der Waals surface area contributed by atoms with Crippen molar-refractivity contribution in [2.24, 2.45) is 0 Å². The van der Waals surface area contributed by atoms with Crippen molar-refractivity contribution < 1.29 is 24.4 Å². The Morgan fingerprint density at radius 3 is 2.67 bits per heavy atom. The Morgan fingerprint density at radius 2 is 2.00 bits per heavy atom. The fraction of sp³-hybridized carbons (Fsp3) is 0.450. The topological polar surface area (TPSA) is 136 Å². The summed E-state index contributed by atoms with van der Waals surface area (Å²) in [4.78, 5) is 59.8. The van der Waals surface area contributed by atoms with Gasteiger partial charge in [0.1, 0.15) is 17.3 Å². The molecule has 2 fully saturated rings. The minimum atomic E-state index is -1.18. The fourth-order valence-corrected chi connectivity index (χ4v) is 4.17. The molecule has 1 aromatic heterocycles. The highest BCUT2D eigenvalue weighted by atomic mass is 16.5. The molecule has 3 N–H and O–H groups in total. The maximum Gasteiger partial charge on any atom is 0.267 e. The van der Waals surface area contributed by atoms with Gasteiger partial charge in [0.2, 0.25) is 17.7 Å². The first-order chi connectivity index (χ1) is 14.2. The van der Waals surface area contributed by atoms with Crippen LogP contribution in [0.5, 0.6) is 0 Å². The standard InChI is InChI=1S/C20H23N5O5/c1-11-3-4-12-13(9-11)22-18(21-12)20(2)7-8-24(19(20)29)14(17(28)23-30)10-25-15(26)5-6-16(25)27/h3-4,9,14,30H,5-8,10H2,1-2H3,(H,21,22)(H,23,28)/t14-,20?/m1/s1. The van der Waals surface area contributed by atoms with E-state index in [-0.39, 0.29) is 31.8 Å². The van der Waals surface area contributed by atoms with E-state index < -0.39 is 29.2 Å². The number of aromatic amines is 1. The second-order valence-corrected chi connectivity index (χ2v) is 8.08. The molecule has 0 radical (unpaired) electrons. The molecule has 2 saturated heterocycles. The molecule has 0 bridgehead atoms. The van der Waals surface area contributed by atoms with Gasteiger partial charge in [0, 0.05) is 19.4 Å². The number of carbonyl (C=O) groups is 4. The number of aromatic nitrogens is 2. The normalized spacial score (nSPS) is 23.0. The first-order valence-corrected chi connectivity index (χ1v) is 9.79. The Kier molecular flexibility index (Phi) is 4.81. The lowest BCUT2D eigenvalue weighted by Gasteiger charge is -2.30. The molecule has 0 spiro atoms. The van der Waals surface area contributed by atoms with Gasteiger partial charge in [-0.1, -0.05) is 6.07 Å². The number of likely N-dealkylation sites (tertiary alicyclic amines) is 2. The van der Waals surface area contributed by atoms with Crippen LogP contribution < -0.4 is 5.48 Å². The third-order valence-electron chi connectivity index (χ3n) is 6.05. The summed E-state index contributed by atoms with van der Waals surface area (Å²) in [5, 5.41) is 9.18. The molecule has 3 heterocycles. The summed E-state index contributed by atoms with van der Waals surface area (Å²) >= 11 is 0. The Morgan fingerprint density at radius 1 is 1.30 bits per heavy atom. The molecular weight excluding hydrogens is 390 g/mol. The zero-order valence-corrected chi connectivity index (χ0v) is 16.8. The molecule has 2 aromatic rings. The van der Waals surface area contributed by atoms with E-state index in [1.165, 1.54) is 4.90 Å². The lowest BCUT2D eigenvalue weighted by molar-refractivity contribution is -0.148. The minimum absolute atomic E-state index is 0.0797. The summed E-state index contributed by atoms with van der Waals surface area (Å²) in [6, 6.07) is 4.57. The van der Waals surface area contributed by atoms with Gasteiger partial charge in [-0.2, -0.15) is 0 Å². The SMILES string of the molecule is Cc1ccc2nc(C3(C)CCN([C@H](CN4C(=O)CCC4=O)C(=O)NO)C3=O)[nH]c2c1. The van der Waals surface area contributed by atoms with Gasteiger partial charge in [-0.25, -0.2) is 10.5 Å². The molecule has 158 valence electrons. The van der Waals surface area contributed by atoms with Gasteiger partial charge in [0.15, 0.2) is 0 Å². The van der Waals surface area contributed by atoms with Crippen molar-refractivity contribution in [3.8, 4) is 0 Å². The zero-order valence-electron chi connectivity index (χ0n) is 16.8. The largest absolute Gasteiger partial charge is 0.341 e. The summed E-state index contributed by atoms with van der Waals surface area (Å²) in [5.74, 6) is -1.49. The summed E-state index contributed by atoms with van der Waals surface area (Å²) < 4.78 is 0. The first-order valence-electron chi connectivity index (χ1n) is 9.79. The van der Waals surface area contributed by atoms with Gasteiger partial charge in [-0.15, -0.1) is 0 Å². The smallest absolute Gasteiger partial charge is 0.267 e. The van der Waals surface area contributed by atoms with Gasteiger partial charge >= 0.3 is 0 Å². The second-order valence-electron chi connectivity index (χ2n) is 8.08. The maximum absolute atomic E-state index is 13.4. The summed E-state index contributed by atoms with van der Waals surface area (Å²) in [7, 11) is 0. The number of H-pyrrole nitrogens is 1. The van der Waals surface area contributed by atoms with Gasteiger partial charge in [0.25, 0.3) is 5.91 Å². The van der Waals surface area contributed by atoms with Crippen molar-refractivity contribution in [1.29, 1.82) is 0 Å².